The van der Waals surface area contributed by atoms with Crippen LogP contribution in [0.3, 0.4) is 0 Å². The van der Waals surface area contributed by atoms with Gasteiger partial charge in [0.1, 0.15) is 18.1 Å². The van der Waals surface area contributed by atoms with Crippen molar-refractivity contribution in [3.63, 3.8) is 0 Å². The summed E-state index contributed by atoms with van der Waals surface area (Å²) in [7, 11) is 0. The molecule has 0 bridgehead atoms. The highest BCUT2D eigenvalue weighted by molar-refractivity contribution is 9.10. The number of rotatable bonds is 7. The molecule has 0 saturated carbocycles. The number of non-ortho nitro benzene ring substituents is 1. The molecular weight excluding hydrogens is 592 g/mol. The van der Waals surface area contributed by atoms with E-state index in [0.717, 1.165) is 23.7 Å². The van der Waals surface area contributed by atoms with Crippen LogP contribution in [0, 0.1) is 10.1 Å². The van der Waals surface area contributed by atoms with Crippen molar-refractivity contribution in [2.45, 2.75) is 0 Å². The highest BCUT2D eigenvalue weighted by Crippen LogP contribution is 2.35. The van der Waals surface area contributed by atoms with Crippen LogP contribution in [0.2, 0.25) is 0 Å². The van der Waals surface area contributed by atoms with Crippen LogP contribution in [-0.2, 0) is 14.3 Å². The summed E-state index contributed by atoms with van der Waals surface area (Å²) in [5.74, 6) is -0.370. The van der Waals surface area contributed by atoms with Crippen LogP contribution in [0.15, 0.2) is 68.4 Å². The Morgan fingerprint density at radius 3 is 2.54 bits per heavy atom. The number of thioether (sulfide) groups is 1. The summed E-state index contributed by atoms with van der Waals surface area (Å²) >= 11 is 4.02. The summed E-state index contributed by atoms with van der Waals surface area (Å²) in [4.78, 5) is 51.6. The predicted octanol–water partition coefficient (Wildman–Crippen LogP) is 5.13. The van der Waals surface area contributed by atoms with Gasteiger partial charge in [0.25, 0.3) is 16.8 Å². The smallest absolute Gasteiger partial charge is 0.294 e. The van der Waals surface area contributed by atoms with Crippen molar-refractivity contribution in [1.82, 2.24) is 4.90 Å². The first kappa shape index (κ1) is 26.7. The summed E-state index contributed by atoms with van der Waals surface area (Å²) in [6.45, 7) is 2.51. The molecule has 0 aliphatic carbocycles. The zero-order chi connectivity index (χ0) is 27.5. The fourth-order valence-electron chi connectivity index (χ4n) is 4.08. The third-order valence-corrected chi connectivity index (χ3v) is 7.60. The van der Waals surface area contributed by atoms with Crippen LogP contribution in [0.4, 0.5) is 21.9 Å². The predicted molar refractivity (Wildman–Crippen MR) is 149 cm³/mol. The number of morpholine rings is 1. The van der Waals surface area contributed by atoms with Crippen LogP contribution in [0.1, 0.15) is 5.76 Å². The first-order valence-corrected chi connectivity index (χ1v) is 13.4. The number of anilines is 2. The zero-order valence-corrected chi connectivity index (χ0v) is 22.7. The zero-order valence-electron chi connectivity index (χ0n) is 20.3. The van der Waals surface area contributed by atoms with Gasteiger partial charge in [-0.25, -0.2) is 0 Å². The van der Waals surface area contributed by atoms with E-state index in [1.165, 1.54) is 18.2 Å². The molecular formula is C26H21BrN4O7S. The standard InChI is InChI=1S/C26H21BrN4O7S/c27-21-13-18(31(35)36)5-7-20(21)22-8-6-19(38-22)14-23-25(33)30(26(34)39-23)15-24(32)28-16-1-3-17(4-2-16)29-9-11-37-12-10-29/h1-8,13-14H,9-12,15H2,(H,28,32)/b23-14+. The van der Waals surface area contributed by atoms with Crippen molar-refractivity contribution in [1.29, 1.82) is 0 Å². The Kier molecular flexibility index (Phi) is 7.82. The second kappa shape index (κ2) is 11.4. The average Bonchev–Trinajstić information content (AvgIpc) is 3.49. The molecule has 1 aromatic heterocycles. The molecule has 11 nitrogen and oxygen atoms in total. The Morgan fingerprint density at radius 1 is 1.10 bits per heavy atom. The lowest BCUT2D eigenvalue weighted by molar-refractivity contribution is -0.384. The Morgan fingerprint density at radius 2 is 1.85 bits per heavy atom. The van der Waals surface area contributed by atoms with Gasteiger partial charge in [0.2, 0.25) is 5.91 Å². The van der Waals surface area contributed by atoms with Crippen LogP contribution in [0.5, 0.6) is 0 Å². The van der Waals surface area contributed by atoms with Crippen molar-refractivity contribution in [3.8, 4) is 11.3 Å². The number of carbonyl (C=O) groups excluding carboxylic acids is 3. The summed E-state index contributed by atoms with van der Waals surface area (Å²) in [6.07, 6.45) is 1.43. The number of benzene rings is 2. The van der Waals surface area contributed by atoms with Crippen molar-refractivity contribution >= 4 is 67.9 Å². The van der Waals surface area contributed by atoms with E-state index in [9.17, 15) is 24.5 Å². The lowest BCUT2D eigenvalue weighted by atomic mass is 10.1. The molecule has 2 aromatic carbocycles. The highest BCUT2D eigenvalue weighted by Gasteiger charge is 2.36. The van der Waals surface area contributed by atoms with E-state index in [2.05, 4.69) is 26.1 Å². The van der Waals surface area contributed by atoms with Gasteiger partial charge in [-0.1, -0.05) is 0 Å². The number of furan rings is 1. The first-order valence-electron chi connectivity index (χ1n) is 11.8. The van der Waals surface area contributed by atoms with Gasteiger partial charge < -0.3 is 19.4 Å². The molecule has 1 N–H and O–H groups in total. The first-order chi connectivity index (χ1) is 18.8. The normalized spacial score (nSPS) is 16.7. The summed E-state index contributed by atoms with van der Waals surface area (Å²) in [5.41, 5.74) is 2.09. The number of nitrogens with one attached hydrogen (secondary N) is 1. The molecule has 200 valence electrons. The topological polar surface area (TPSA) is 135 Å². The van der Waals surface area contributed by atoms with Gasteiger partial charge in [-0.3, -0.25) is 29.4 Å². The SMILES string of the molecule is O=C(CN1C(=O)S/C(=C/c2ccc(-c3ccc([N+](=O)[O-])cc3Br)o2)C1=O)Nc1ccc(N2CCOCC2)cc1. The minimum absolute atomic E-state index is 0.0693. The van der Waals surface area contributed by atoms with Crippen molar-refractivity contribution in [2.75, 3.05) is 43.1 Å². The second-order valence-electron chi connectivity index (χ2n) is 8.59. The van der Waals surface area contributed by atoms with Crippen molar-refractivity contribution in [3.05, 3.63) is 79.8 Å². The number of hydrogen-bond donors (Lipinski definition) is 1. The molecule has 0 atom stereocenters. The summed E-state index contributed by atoms with van der Waals surface area (Å²) in [5, 5.41) is 13.1. The monoisotopic (exact) mass is 612 g/mol. The van der Waals surface area contributed by atoms with Crippen LogP contribution in [-0.4, -0.2) is 59.7 Å². The maximum atomic E-state index is 12.9. The molecule has 2 fully saturated rings. The fourth-order valence-corrected chi connectivity index (χ4v) is 5.46. The Labute approximate surface area is 235 Å². The minimum Gasteiger partial charge on any atom is -0.457 e. The fraction of sp³-hybridized carbons (Fsp3) is 0.192. The van der Waals surface area contributed by atoms with Gasteiger partial charge in [-0.2, -0.15) is 0 Å². The number of hydrogen-bond acceptors (Lipinski definition) is 9. The number of amides is 3. The van der Waals surface area contributed by atoms with Gasteiger partial charge in [0.05, 0.1) is 23.0 Å². The van der Waals surface area contributed by atoms with E-state index in [0.29, 0.717) is 52.2 Å². The Bertz CT molecular complexity index is 1480. The summed E-state index contributed by atoms with van der Waals surface area (Å²) in [6, 6.07) is 14.9. The molecule has 0 unspecified atom stereocenters. The molecule has 2 aliphatic rings. The third-order valence-electron chi connectivity index (χ3n) is 6.03. The molecule has 13 heteroatoms. The number of ether oxygens (including phenoxy) is 1. The average molecular weight is 613 g/mol. The van der Waals surface area contributed by atoms with Gasteiger partial charge in [0, 0.05) is 52.7 Å². The maximum Gasteiger partial charge on any atom is 0.294 e. The van der Waals surface area contributed by atoms with E-state index >= 15 is 0 Å². The second-order valence-corrected chi connectivity index (χ2v) is 10.4. The number of nitro groups is 1. The van der Waals surface area contributed by atoms with Crippen LogP contribution < -0.4 is 10.2 Å². The summed E-state index contributed by atoms with van der Waals surface area (Å²) < 4.78 is 11.6. The van der Waals surface area contributed by atoms with Gasteiger partial charge >= 0.3 is 0 Å². The van der Waals surface area contributed by atoms with Crippen LogP contribution in [0.25, 0.3) is 17.4 Å². The van der Waals surface area contributed by atoms with E-state index in [-0.39, 0.29) is 10.6 Å². The van der Waals surface area contributed by atoms with E-state index < -0.39 is 28.5 Å². The Hall–Kier alpha value is -3.94. The number of imide groups is 1. The quantitative estimate of drug-likeness (QED) is 0.219. The molecule has 0 radical (unpaired) electrons. The number of carbonyl (C=O) groups is 3. The van der Waals surface area contributed by atoms with E-state index in [1.807, 2.05) is 12.1 Å². The van der Waals surface area contributed by atoms with Gasteiger partial charge in [-0.15, -0.1) is 0 Å². The lowest BCUT2D eigenvalue weighted by Crippen LogP contribution is -2.36. The molecule has 2 aliphatic heterocycles. The number of nitrogens with zero attached hydrogens (tertiary/aromatic N) is 3. The number of nitro benzene ring substituents is 1. The molecule has 5 rings (SSSR count). The lowest BCUT2D eigenvalue weighted by Gasteiger charge is -2.28. The van der Waals surface area contributed by atoms with E-state index in [4.69, 9.17) is 9.15 Å². The maximum absolute atomic E-state index is 12.9. The van der Waals surface area contributed by atoms with Gasteiger partial charge in [0.15, 0.2) is 0 Å². The molecule has 3 heterocycles. The Balaban J connectivity index is 1.21. The molecule has 39 heavy (non-hydrogen) atoms. The molecule has 3 aromatic rings. The minimum atomic E-state index is -0.600. The molecule has 2 saturated heterocycles. The van der Waals surface area contributed by atoms with Crippen molar-refractivity contribution < 1.29 is 28.5 Å². The molecule has 0 spiro atoms. The highest BCUT2D eigenvalue weighted by atomic mass is 79.9. The largest absolute Gasteiger partial charge is 0.457 e. The van der Waals surface area contributed by atoms with Gasteiger partial charge in [-0.05, 0) is 70.2 Å². The molecule has 3 amide bonds. The van der Waals surface area contributed by atoms with Crippen LogP contribution >= 0.6 is 27.7 Å². The van der Waals surface area contributed by atoms with Crippen molar-refractivity contribution in [2.24, 2.45) is 0 Å². The van der Waals surface area contributed by atoms with E-state index in [1.54, 1.807) is 30.3 Å². The number of halogens is 1. The third kappa shape index (κ3) is 6.05.